The Balaban J connectivity index is 3.05. The molecule has 1 heterocycles. The Hall–Kier alpha value is -1.41. The lowest BCUT2D eigenvalue weighted by molar-refractivity contribution is 0.562. The van der Waals surface area contributed by atoms with E-state index in [2.05, 4.69) is 10.1 Å². The zero-order chi connectivity index (χ0) is 9.84. The van der Waals surface area contributed by atoms with E-state index in [1.165, 1.54) is 6.08 Å². The van der Waals surface area contributed by atoms with Crippen LogP contribution in [0.1, 0.15) is 23.9 Å². The largest absolute Gasteiger partial charge is 0.270 e. The third kappa shape index (κ3) is 1.84. The van der Waals surface area contributed by atoms with Crippen LogP contribution in [0.5, 0.6) is 0 Å². The third-order valence-corrected chi connectivity index (χ3v) is 2.13. The zero-order valence-electron chi connectivity index (χ0n) is 8.16. The van der Waals surface area contributed by atoms with Crippen molar-refractivity contribution in [2.45, 2.75) is 33.9 Å². The molecule has 0 bridgehead atoms. The molecule has 70 valence electrons. The van der Waals surface area contributed by atoms with Crippen LogP contribution in [-0.4, -0.2) is 15.9 Å². The Labute approximate surface area is 77.3 Å². The minimum atomic E-state index is 0.390. The van der Waals surface area contributed by atoms with Gasteiger partial charge in [0.2, 0.25) is 6.08 Å². The molecule has 0 aromatic carbocycles. The van der Waals surface area contributed by atoms with Gasteiger partial charge in [-0.1, -0.05) is 0 Å². The molecule has 0 saturated heterocycles. The highest BCUT2D eigenvalue weighted by atomic mass is 16.1. The number of aliphatic imine (C=N–C) groups is 1. The molecule has 1 aromatic heterocycles. The molecular formula is C9H13N3O. The fourth-order valence-electron chi connectivity index (χ4n) is 1.38. The minimum absolute atomic E-state index is 0.390. The molecule has 0 saturated carbocycles. The van der Waals surface area contributed by atoms with Crippen LogP contribution in [0.25, 0.3) is 0 Å². The maximum absolute atomic E-state index is 9.96. The highest BCUT2D eigenvalue weighted by molar-refractivity contribution is 5.35. The van der Waals surface area contributed by atoms with E-state index in [1.54, 1.807) is 0 Å². The molecule has 0 aliphatic heterocycles. The van der Waals surface area contributed by atoms with Crippen LogP contribution >= 0.6 is 0 Å². The average molecular weight is 179 g/mol. The smallest absolute Gasteiger partial charge is 0.235 e. The Kier molecular flexibility index (Phi) is 2.98. The lowest BCUT2D eigenvalue weighted by Crippen LogP contribution is -1.99. The van der Waals surface area contributed by atoms with E-state index in [-0.39, 0.29) is 0 Å². The first-order valence-corrected chi connectivity index (χ1v) is 4.27. The van der Waals surface area contributed by atoms with Gasteiger partial charge in [0.1, 0.15) is 0 Å². The molecule has 0 spiro atoms. The van der Waals surface area contributed by atoms with E-state index in [9.17, 15) is 4.79 Å². The van der Waals surface area contributed by atoms with Crippen molar-refractivity contribution < 1.29 is 4.79 Å². The van der Waals surface area contributed by atoms with Crippen molar-refractivity contribution in [2.24, 2.45) is 4.99 Å². The van der Waals surface area contributed by atoms with Gasteiger partial charge in [-0.05, 0) is 20.8 Å². The minimum Gasteiger partial charge on any atom is -0.270 e. The molecule has 1 aromatic rings. The normalized spacial score (nSPS) is 9.77. The molecule has 4 nitrogen and oxygen atoms in total. The lowest BCUT2D eigenvalue weighted by Gasteiger charge is -1.98. The molecule has 1 rings (SSSR count). The van der Waals surface area contributed by atoms with Crippen LogP contribution < -0.4 is 0 Å². The molecule has 0 aliphatic rings. The fraction of sp³-hybridized carbons (Fsp3) is 0.556. The van der Waals surface area contributed by atoms with Crippen molar-refractivity contribution in [1.29, 1.82) is 0 Å². The van der Waals surface area contributed by atoms with Crippen LogP contribution in [0, 0.1) is 13.8 Å². The van der Waals surface area contributed by atoms with Gasteiger partial charge >= 0.3 is 0 Å². The van der Waals surface area contributed by atoms with Crippen LogP contribution in [0.3, 0.4) is 0 Å². The molecule has 0 amide bonds. The van der Waals surface area contributed by atoms with Gasteiger partial charge in [0, 0.05) is 17.8 Å². The third-order valence-electron chi connectivity index (χ3n) is 2.13. The molecule has 0 atom stereocenters. The van der Waals surface area contributed by atoms with E-state index in [0.29, 0.717) is 6.54 Å². The summed E-state index contributed by atoms with van der Waals surface area (Å²) in [6, 6.07) is 0. The highest BCUT2D eigenvalue weighted by Gasteiger charge is 2.08. The van der Waals surface area contributed by atoms with E-state index in [1.807, 2.05) is 25.5 Å². The Morgan fingerprint density at radius 2 is 2.23 bits per heavy atom. The second-order valence-corrected chi connectivity index (χ2v) is 2.87. The number of aryl methyl sites for hydroxylation is 2. The first kappa shape index (κ1) is 9.68. The number of nitrogens with zero attached hydrogens (tertiary/aromatic N) is 3. The van der Waals surface area contributed by atoms with Crippen molar-refractivity contribution in [1.82, 2.24) is 9.78 Å². The van der Waals surface area contributed by atoms with Gasteiger partial charge in [0.05, 0.1) is 12.2 Å². The van der Waals surface area contributed by atoms with Gasteiger partial charge in [-0.25, -0.2) is 9.79 Å². The zero-order valence-corrected chi connectivity index (χ0v) is 8.16. The summed E-state index contributed by atoms with van der Waals surface area (Å²) in [5.41, 5.74) is 3.06. The van der Waals surface area contributed by atoms with E-state index in [0.717, 1.165) is 23.5 Å². The van der Waals surface area contributed by atoms with Gasteiger partial charge in [0.25, 0.3) is 0 Å². The van der Waals surface area contributed by atoms with Crippen molar-refractivity contribution in [3.8, 4) is 0 Å². The van der Waals surface area contributed by atoms with Crippen LogP contribution in [0.4, 0.5) is 0 Å². The number of hydrogen-bond donors (Lipinski definition) is 0. The predicted molar refractivity (Wildman–Crippen MR) is 49.2 cm³/mol. The maximum Gasteiger partial charge on any atom is 0.235 e. The number of carbonyl (C=O) groups excluding carboxylic acids is 1. The quantitative estimate of drug-likeness (QED) is 0.519. The molecule has 13 heavy (non-hydrogen) atoms. The SMILES string of the molecule is CCn1nc(C)c(CN=C=O)c1C. The van der Waals surface area contributed by atoms with Crippen LogP contribution in [0.2, 0.25) is 0 Å². The van der Waals surface area contributed by atoms with Crippen molar-refractivity contribution in [3.05, 3.63) is 17.0 Å². The summed E-state index contributed by atoms with van der Waals surface area (Å²) in [4.78, 5) is 13.5. The van der Waals surface area contributed by atoms with E-state index in [4.69, 9.17) is 0 Å². The number of isocyanates is 1. The fourth-order valence-corrected chi connectivity index (χ4v) is 1.38. The van der Waals surface area contributed by atoms with Crippen molar-refractivity contribution in [3.63, 3.8) is 0 Å². The molecule has 0 aliphatic carbocycles. The molecular weight excluding hydrogens is 166 g/mol. The summed E-state index contributed by atoms with van der Waals surface area (Å²) < 4.78 is 1.91. The summed E-state index contributed by atoms with van der Waals surface area (Å²) in [5.74, 6) is 0. The van der Waals surface area contributed by atoms with E-state index < -0.39 is 0 Å². The van der Waals surface area contributed by atoms with E-state index >= 15 is 0 Å². The van der Waals surface area contributed by atoms with Crippen molar-refractivity contribution in [2.75, 3.05) is 0 Å². The summed E-state index contributed by atoms with van der Waals surface area (Å²) in [7, 11) is 0. The summed E-state index contributed by atoms with van der Waals surface area (Å²) in [6.07, 6.45) is 1.54. The van der Waals surface area contributed by atoms with Gasteiger partial charge in [-0.2, -0.15) is 5.10 Å². The lowest BCUT2D eigenvalue weighted by atomic mass is 10.2. The highest BCUT2D eigenvalue weighted by Crippen LogP contribution is 2.13. The molecule has 0 fully saturated rings. The van der Waals surface area contributed by atoms with Crippen LogP contribution in [-0.2, 0) is 17.9 Å². The maximum atomic E-state index is 9.96. The Morgan fingerprint density at radius 3 is 2.69 bits per heavy atom. The van der Waals surface area contributed by atoms with Crippen LogP contribution in [0.15, 0.2) is 4.99 Å². The monoisotopic (exact) mass is 179 g/mol. The topological polar surface area (TPSA) is 47.2 Å². The Bertz CT molecular complexity index is 348. The van der Waals surface area contributed by atoms with Gasteiger partial charge < -0.3 is 0 Å². The first-order valence-electron chi connectivity index (χ1n) is 4.27. The number of hydrogen-bond acceptors (Lipinski definition) is 3. The van der Waals surface area contributed by atoms with Gasteiger partial charge in [-0.3, -0.25) is 4.68 Å². The molecule has 0 N–H and O–H groups in total. The molecule has 0 unspecified atom stereocenters. The first-order chi connectivity index (χ1) is 6.20. The standard InChI is InChI=1S/C9H13N3O/c1-4-12-8(3)9(5-10-6-13)7(2)11-12/h4-5H2,1-3H3. The average Bonchev–Trinajstić information content (AvgIpc) is 2.39. The summed E-state index contributed by atoms with van der Waals surface area (Å²) >= 11 is 0. The van der Waals surface area contributed by atoms with Crippen molar-refractivity contribution >= 4 is 6.08 Å². The molecule has 4 heteroatoms. The number of rotatable bonds is 3. The Morgan fingerprint density at radius 1 is 1.54 bits per heavy atom. The second kappa shape index (κ2) is 4.01. The number of aromatic nitrogens is 2. The summed E-state index contributed by atoms with van der Waals surface area (Å²) in [5, 5.41) is 4.31. The summed E-state index contributed by atoms with van der Waals surface area (Å²) in [6.45, 7) is 7.18. The van der Waals surface area contributed by atoms with Gasteiger partial charge in [0.15, 0.2) is 0 Å². The van der Waals surface area contributed by atoms with Gasteiger partial charge in [-0.15, -0.1) is 0 Å². The molecule has 0 radical (unpaired) electrons. The predicted octanol–water partition coefficient (Wildman–Crippen LogP) is 1.36. The second-order valence-electron chi connectivity index (χ2n) is 2.87.